The van der Waals surface area contributed by atoms with E-state index in [1.807, 2.05) is 36.4 Å². The average molecular weight is 362 g/mol. The topological polar surface area (TPSA) is 83.5 Å². The van der Waals surface area contributed by atoms with Crippen molar-refractivity contribution in [2.75, 3.05) is 13.1 Å². The van der Waals surface area contributed by atoms with Gasteiger partial charge in [0.05, 0.1) is 35.1 Å². The van der Waals surface area contributed by atoms with Crippen molar-refractivity contribution >= 4 is 28.8 Å². The van der Waals surface area contributed by atoms with E-state index in [1.54, 1.807) is 4.90 Å². The van der Waals surface area contributed by atoms with E-state index in [9.17, 15) is 14.4 Å². The number of allylic oxidation sites excluding steroid dienone is 2. The van der Waals surface area contributed by atoms with Crippen LogP contribution in [0.5, 0.6) is 0 Å². The van der Waals surface area contributed by atoms with E-state index < -0.39 is 0 Å². The zero-order chi connectivity index (χ0) is 18.5. The molecule has 1 aliphatic carbocycles. The Bertz CT molecular complexity index is 970. The molecule has 136 valence electrons. The van der Waals surface area contributed by atoms with E-state index in [2.05, 4.69) is 9.97 Å². The minimum absolute atomic E-state index is 0.0862. The molecule has 2 saturated heterocycles. The SMILES string of the molecule is O=C(c1cnc2ccccc2n1)N1CC(N2C(=O)[C@H]3CC=CC[C@@H]3C2=O)C1. The highest BCUT2D eigenvalue weighted by molar-refractivity contribution is 6.06. The third-order valence-electron chi connectivity index (χ3n) is 5.72. The molecule has 2 aliphatic heterocycles. The second-order valence-electron chi connectivity index (χ2n) is 7.31. The number of nitrogens with zero attached hydrogens (tertiary/aromatic N) is 4. The molecule has 5 rings (SSSR count). The molecule has 7 nitrogen and oxygen atoms in total. The van der Waals surface area contributed by atoms with Gasteiger partial charge in [0.2, 0.25) is 11.8 Å². The first-order chi connectivity index (χ1) is 13.1. The highest BCUT2D eigenvalue weighted by Gasteiger charge is 2.52. The normalized spacial score (nSPS) is 25.0. The number of aromatic nitrogens is 2. The standard InChI is InChI=1S/C20H18N4O3/c25-18-13-5-1-2-6-14(13)19(26)24(18)12-10-23(11-12)20(27)17-9-21-15-7-3-4-8-16(15)22-17/h1-4,7-9,12-14H,5-6,10-11H2/t13-,14-/m0/s1. The number of para-hydroxylation sites is 2. The van der Waals surface area contributed by atoms with Crippen LogP contribution in [0.1, 0.15) is 23.3 Å². The number of amides is 3. The maximum atomic E-state index is 12.7. The summed E-state index contributed by atoms with van der Waals surface area (Å²) < 4.78 is 0. The van der Waals surface area contributed by atoms with Crippen molar-refractivity contribution < 1.29 is 14.4 Å². The Hall–Kier alpha value is -3.09. The zero-order valence-corrected chi connectivity index (χ0v) is 14.6. The van der Waals surface area contributed by atoms with Crippen LogP contribution in [-0.2, 0) is 9.59 Å². The summed E-state index contributed by atoms with van der Waals surface area (Å²) in [6.45, 7) is 0.718. The lowest BCUT2D eigenvalue weighted by Gasteiger charge is -2.42. The fourth-order valence-electron chi connectivity index (χ4n) is 4.19. The van der Waals surface area contributed by atoms with Gasteiger partial charge < -0.3 is 4.90 Å². The second kappa shape index (κ2) is 5.97. The number of carbonyl (C=O) groups excluding carboxylic acids is 3. The van der Waals surface area contributed by atoms with Crippen LogP contribution in [-0.4, -0.2) is 56.6 Å². The highest BCUT2D eigenvalue weighted by Crippen LogP contribution is 2.37. The van der Waals surface area contributed by atoms with Gasteiger partial charge in [0.25, 0.3) is 5.91 Å². The summed E-state index contributed by atoms with van der Waals surface area (Å²) in [6, 6.07) is 7.15. The Kier molecular flexibility index (Phi) is 3.56. The van der Waals surface area contributed by atoms with Gasteiger partial charge in [-0.25, -0.2) is 4.98 Å². The van der Waals surface area contributed by atoms with E-state index in [0.717, 1.165) is 5.52 Å². The van der Waals surface area contributed by atoms with Crippen molar-refractivity contribution in [2.45, 2.75) is 18.9 Å². The van der Waals surface area contributed by atoms with Crippen molar-refractivity contribution in [2.24, 2.45) is 11.8 Å². The Balaban J connectivity index is 1.29. The average Bonchev–Trinajstić information content (AvgIpc) is 2.92. The molecule has 0 radical (unpaired) electrons. The van der Waals surface area contributed by atoms with E-state index in [1.165, 1.54) is 11.1 Å². The minimum Gasteiger partial charge on any atom is -0.333 e. The van der Waals surface area contributed by atoms with Crippen LogP contribution in [0.4, 0.5) is 0 Å². The van der Waals surface area contributed by atoms with Gasteiger partial charge in [-0.2, -0.15) is 0 Å². The van der Waals surface area contributed by atoms with Crippen LogP contribution in [0.15, 0.2) is 42.6 Å². The van der Waals surface area contributed by atoms with Crippen LogP contribution >= 0.6 is 0 Å². The first kappa shape index (κ1) is 16.1. The molecule has 0 unspecified atom stereocenters. The third kappa shape index (κ3) is 2.45. The molecule has 3 heterocycles. The summed E-state index contributed by atoms with van der Waals surface area (Å²) in [4.78, 5) is 49.6. The fourth-order valence-corrected chi connectivity index (χ4v) is 4.19. The van der Waals surface area contributed by atoms with Gasteiger partial charge in [-0.05, 0) is 25.0 Å². The molecular formula is C20H18N4O3. The molecule has 0 saturated carbocycles. The first-order valence-electron chi connectivity index (χ1n) is 9.16. The molecule has 2 atom stereocenters. The Morgan fingerprint density at radius 3 is 2.26 bits per heavy atom. The van der Waals surface area contributed by atoms with Crippen molar-refractivity contribution in [3.8, 4) is 0 Å². The number of likely N-dealkylation sites (tertiary alicyclic amines) is 2. The van der Waals surface area contributed by atoms with Gasteiger partial charge in [0, 0.05) is 13.1 Å². The summed E-state index contributed by atoms with van der Waals surface area (Å²) in [5, 5.41) is 0. The monoisotopic (exact) mass is 362 g/mol. The number of hydrogen-bond donors (Lipinski definition) is 0. The number of carbonyl (C=O) groups is 3. The maximum Gasteiger partial charge on any atom is 0.274 e. The molecule has 0 N–H and O–H groups in total. The molecule has 3 amide bonds. The molecule has 0 bridgehead atoms. The van der Waals surface area contributed by atoms with Gasteiger partial charge in [-0.1, -0.05) is 24.3 Å². The smallest absolute Gasteiger partial charge is 0.274 e. The molecule has 7 heteroatoms. The van der Waals surface area contributed by atoms with E-state index in [4.69, 9.17) is 0 Å². The molecule has 1 aromatic carbocycles. The number of rotatable bonds is 2. The van der Waals surface area contributed by atoms with Crippen LogP contribution in [0.3, 0.4) is 0 Å². The molecular weight excluding hydrogens is 344 g/mol. The van der Waals surface area contributed by atoms with Crippen molar-refractivity contribution in [3.05, 3.63) is 48.3 Å². The largest absolute Gasteiger partial charge is 0.333 e. The molecule has 1 aromatic heterocycles. The number of imide groups is 1. The summed E-state index contributed by atoms with van der Waals surface area (Å²) in [5.74, 6) is -0.839. The van der Waals surface area contributed by atoms with Crippen LogP contribution in [0.25, 0.3) is 11.0 Å². The number of benzene rings is 1. The lowest BCUT2D eigenvalue weighted by Crippen LogP contribution is -2.62. The third-order valence-corrected chi connectivity index (χ3v) is 5.72. The molecule has 2 aromatic rings. The molecule has 0 spiro atoms. The summed E-state index contributed by atoms with van der Waals surface area (Å²) >= 11 is 0. The van der Waals surface area contributed by atoms with Crippen molar-refractivity contribution in [1.29, 1.82) is 0 Å². The summed E-state index contributed by atoms with van der Waals surface area (Å²) in [6.07, 6.45) is 6.70. The van der Waals surface area contributed by atoms with E-state index in [-0.39, 0.29) is 41.3 Å². The van der Waals surface area contributed by atoms with Crippen molar-refractivity contribution in [3.63, 3.8) is 0 Å². The molecule has 2 fully saturated rings. The first-order valence-corrected chi connectivity index (χ1v) is 9.16. The minimum atomic E-state index is -0.229. The number of hydrogen-bond acceptors (Lipinski definition) is 5. The van der Waals surface area contributed by atoms with Crippen LogP contribution in [0.2, 0.25) is 0 Å². The van der Waals surface area contributed by atoms with E-state index >= 15 is 0 Å². The van der Waals surface area contributed by atoms with Gasteiger partial charge in [-0.15, -0.1) is 0 Å². The van der Waals surface area contributed by atoms with Gasteiger partial charge in [0.1, 0.15) is 5.69 Å². The second-order valence-corrected chi connectivity index (χ2v) is 7.31. The Labute approximate surface area is 155 Å². The summed E-state index contributed by atoms with van der Waals surface area (Å²) in [5.41, 5.74) is 1.69. The van der Waals surface area contributed by atoms with Crippen molar-refractivity contribution in [1.82, 2.24) is 19.8 Å². The predicted octanol–water partition coefficient (Wildman–Crippen LogP) is 1.41. The lowest BCUT2D eigenvalue weighted by molar-refractivity contribution is -0.145. The number of fused-ring (bicyclic) bond motifs is 2. The van der Waals surface area contributed by atoms with Crippen LogP contribution in [0, 0.1) is 11.8 Å². The van der Waals surface area contributed by atoms with Gasteiger partial charge in [0.15, 0.2) is 0 Å². The highest BCUT2D eigenvalue weighted by atomic mass is 16.2. The van der Waals surface area contributed by atoms with Crippen LogP contribution < -0.4 is 0 Å². The van der Waals surface area contributed by atoms with Gasteiger partial charge in [-0.3, -0.25) is 24.3 Å². The Morgan fingerprint density at radius 1 is 0.963 bits per heavy atom. The fraction of sp³-hybridized carbons (Fsp3) is 0.350. The quantitative estimate of drug-likeness (QED) is 0.596. The maximum absolute atomic E-state index is 12.7. The Morgan fingerprint density at radius 2 is 1.59 bits per heavy atom. The zero-order valence-electron chi connectivity index (χ0n) is 14.6. The molecule has 27 heavy (non-hydrogen) atoms. The predicted molar refractivity (Wildman–Crippen MR) is 96.4 cm³/mol. The molecule has 3 aliphatic rings. The van der Waals surface area contributed by atoms with E-state index in [0.29, 0.717) is 31.4 Å². The lowest BCUT2D eigenvalue weighted by atomic mass is 9.85. The summed E-state index contributed by atoms with van der Waals surface area (Å²) in [7, 11) is 0. The van der Waals surface area contributed by atoms with Gasteiger partial charge >= 0.3 is 0 Å².